The first kappa shape index (κ1) is 19.3. The maximum Gasteiger partial charge on any atom is 0.234 e. The zero-order valence-corrected chi connectivity index (χ0v) is 17.6. The Morgan fingerprint density at radius 1 is 1.25 bits per heavy atom. The van der Waals surface area contributed by atoms with Gasteiger partial charge in [-0.1, -0.05) is 29.4 Å². The molecule has 28 heavy (non-hydrogen) atoms. The van der Waals surface area contributed by atoms with E-state index in [9.17, 15) is 8.42 Å². The Hall–Kier alpha value is -2.03. The second-order valence-corrected chi connectivity index (χ2v) is 10.0. The second kappa shape index (κ2) is 7.77. The lowest BCUT2D eigenvalue weighted by Crippen LogP contribution is -2.30. The third-order valence-electron chi connectivity index (χ3n) is 4.66. The number of anilines is 1. The Morgan fingerprint density at radius 3 is 2.71 bits per heavy atom. The molecule has 9 heteroatoms. The van der Waals surface area contributed by atoms with Gasteiger partial charge in [0.2, 0.25) is 10.0 Å². The Morgan fingerprint density at radius 2 is 2.04 bits per heavy atom. The van der Waals surface area contributed by atoms with Crippen LogP contribution < -0.4 is 9.73 Å². The van der Waals surface area contributed by atoms with E-state index in [4.69, 9.17) is 11.6 Å². The van der Waals surface area contributed by atoms with Crippen molar-refractivity contribution in [2.45, 2.75) is 13.3 Å². The highest BCUT2D eigenvalue weighted by Crippen LogP contribution is 2.32. The van der Waals surface area contributed by atoms with Gasteiger partial charge >= 0.3 is 0 Å². The lowest BCUT2D eigenvalue weighted by molar-refractivity contribution is 0.593. The van der Waals surface area contributed by atoms with E-state index >= 15 is 0 Å². The normalized spacial score (nSPS) is 18.0. The molecule has 0 saturated carbocycles. The fourth-order valence-corrected chi connectivity index (χ4v) is 5.22. The van der Waals surface area contributed by atoms with Gasteiger partial charge in [0.25, 0.3) is 0 Å². The molecule has 0 saturated heterocycles. The lowest BCUT2D eigenvalue weighted by atomic mass is 10.1. The molecule has 146 valence electrons. The number of hydrogen-bond donors (Lipinski definition) is 1. The van der Waals surface area contributed by atoms with Crippen molar-refractivity contribution >= 4 is 55.6 Å². The molecule has 0 bridgehead atoms. The van der Waals surface area contributed by atoms with Gasteiger partial charge in [0.05, 0.1) is 22.8 Å². The summed E-state index contributed by atoms with van der Waals surface area (Å²) in [7, 11) is -3.23. The zero-order chi connectivity index (χ0) is 19.7. The van der Waals surface area contributed by atoms with Crippen molar-refractivity contribution in [2.24, 2.45) is 10.1 Å². The maximum atomic E-state index is 12.2. The monoisotopic (exact) mass is 434 g/mol. The minimum atomic E-state index is -3.23. The van der Waals surface area contributed by atoms with E-state index in [1.54, 1.807) is 30.8 Å². The van der Waals surface area contributed by atoms with Gasteiger partial charge in [0.1, 0.15) is 0 Å². The largest absolute Gasteiger partial charge is 0.270 e. The van der Waals surface area contributed by atoms with Crippen LogP contribution in [0.15, 0.2) is 52.6 Å². The van der Waals surface area contributed by atoms with E-state index in [0.717, 1.165) is 39.8 Å². The zero-order valence-electron chi connectivity index (χ0n) is 15.2. The highest BCUT2D eigenvalue weighted by Gasteiger charge is 2.28. The minimum Gasteiger partial charge on any atom is -0.270 e. The summed E-state index contributed by atoms with van der Waals surface area (Å²) in [6.07, 6.45) is 0.722. The predicted octanol–water partition coefficient (Wildman–Crippen LogP) is 3.78. The van der Waals surface area contributed by atoms with E-state index in [1.807, 2.05) is 30.3 Å². The van der Waals surface area contributed by atoms with Crippen LogP contribution >= 0.6 is 23.4 Å². The quantitative estimate of drug-likeness (QED) is 0.794. The van der Waals surface area contributed by atoms with Crippen LogP contribution in [0.5, 0.6) is 0 Å². The maximum absolute atomic E-state index is 12.2. The SMILES string of the molecule is CCS(=O)(=O)N1CCc2cc(C3=NNC(=Nc4ccc(Cl)cc4)SC3)ccc21. The number of benzene rings is 2. The first-order chi connectivity index (χ1) is 13.5. The van der Waals surface area contributed by atoms with E-state index in [2.05, 4.69) is 15.5 Å². The number of amidine groups is 1. The second-order valence-electron chi connectivity index (χ2n) is 6.42. The number of rotatable bonds is 4. The van der Waals surface area contributed by atoms with Crippen LogP contribution in [-0.2, 0) is 16.4 Å². The molecule has 1 N–H and O–H groups in total. The number of halogens is 1. The van der Waals surface area contributed by atoms with Crippen molar-refractivity contribution in [1.82, 2.24) is 5.43 Å². The highest BCUT2D eigenvalue weighted by molar-refractivity contribution is 8.14. The minimum absolute atomic E-state index is 0.108. The highest BCUT2D eigenvalue weighted by atomic mass is 35.5. The molecule has 0 amide bonds. The van der Waals surface area contributed by atoms with Crippen LogP contribution in [0.25, 0.3) is 0 Å². The summed E-state index contributed by atoms with van der Waals surface area (Å²) < 4.78 is 26.0. The number of sulfonamides is 1. The summed E-state index contributed by atoms with van der Waals surface area (Å²) in [5, 5.41) is 5.87. The van der Waals surface area contributed by atoms with Gasteiger partial charge in [-0.2, -0.15) is 5.10 Å². The van der Waals surface area contributed by atoms with Crippen molar-refractivity contribution in [3.63, 3.8) is 0 Å². The van der Waals surface area contributed by atoms with Gasteiger partial charge in [-0.15, -0.1) is 0 Å². The Bertz CT molecular complexity index is 1070. The topological polar surface area (TPSA) is 74.1 Å². The molecule has 6 nitrogen and oxygen atoms in total. The van der Waals surface area contributed by atoms with Crippen LogP contribution in [0.2, 0.25) is 5.02 Å². The molecule has 4 rings (SSSR count). The average molecular weight is 435 g/mol. The molecule has 0 spiro atoms. The Balaban J connectivity index is 1.52. The van der Waals surface area contributed by atoms with Crippen molar-refractivity contribution in [3.05, 3.63) is 58.6 Å². The number of fused-ring (bicyclic) bond motifs is 1. The first-order valence-electron chi connectivity index (χ1n) is 8.89. The molecular weight excluding hydrogens is 416 g/mol. The molecule has 2 aromatic rings. The lowest BCUT2D eigenvalue weighted by Gasteiger charge is -2.19. The van der Waals surface area contributed by atoms with Gasteiger partial charge < -0.3 is 0 Å². The third-order valence-corrected chi connectivity index (χ3v) is 7.56. The van der Waals surface area contributed by atoms with Crippen LogP contribution in [0, 0.1) is 0 Å². The predicted molar refractivity (Wildman–Crippen MR) is 118 cm³/mol. The summed E-state index contributed by atoms with van der Waals surface area (Å²) in [6.45, 7) is 2.18. The third kappa shape index (κ3) is 3.90. The van der Waals surface area contributed by atoms with Gasteiger partial charge in [0.15, 0.2) is 5.17 Å². The number of hydrogen-bond acceptors (Lipinski definition) is 5. The fraction of sp³-hybridized carbons (Fsp3) is 0.263. The average Bonchev–Trinajstić information content (AvgIpc) is 3.14. The number of aliphatic imine (C=N–C) groups is 1. The van der Waals surface area contributed by atoms with Gasteiger partial charge in [0, 0.05) is 17.3 Å². The molecule has 0 atom stereocenters. The Labute approximate surface area is 173 Å². The molecule has 0 unspecified atom stereocenters. The summed E-state index contributed by atoms with van der Waals surface area (Å²) in [5.74, 6) is 0.798. The summed E-state index contributed by atoms with van der Waals surface area (Å²) in [6, 6.07) is 13.2. The van der Waals surface area contributed by atoms with Crippen molar-refractivity contribution in [3.8, 4) is 0 Å². The van der Waals surface area contributed by atoms with Crippen LogP contribution in [0.3, 0.4) is 0 Å². The van der Waals surface area contributed by atoms with Crippen LogP contribution in [0.4, 0.5) is 11.4 Å². The molecular formula is C19H19ClN4O2S2. The molecule has 2 heterocycles. The Kier molecular flexibility index (Phi) is 5.35. The van der Waals surface area contributed by atoms with Gasteiger partial charge in [-0.05, 0) is 60.9 Å². The first-order valence-corrected chi connectivity index (χ1v) is 11.9. The van der Waals surface area contributed by atoms with Crippen molar-refractivity contribution < 1.29 is 8.42 Å². The van der Waals surface area contributed by atoms with E-state index in [0.29, 0.717) is 17.3 Å². The molecule has 0 aliphatic carbocycles. The molecule has 0 fully saturated rings. The van der Waals surface area contributed by atoms with Gasteiger partial charge in [-0.3, -0.25) is 9.73 Å². The number of nitrogens with zero attached hydrogens (tertiary/aromatic N) is 3. The van der Waals surface area contributed by atoms with E-state index in [-0.39, 0.29) is 5.75 Å². The van der Waals surface area contributed by atoms with Crippen molar-refractivity contribution in [1.29, 1.82) is 0 Å². The van der Waals surface area contributed by atoms with Crippen LogP contribution in [-0.4, -0.2) is 37.3 Å². The molecule has 2 aromatic carbocycles. The summed E-state index contributed by atoms with van der Waals surface area (Å²) >= 11 is 7.47. The van der Waals surface area contributed by atoms with E-state index in [1.165, 1.54) is 4.31 Å². The van der Waals surface area contributed by atoms with E-state index < -0.39 is 10.0 Å². The molecule has 2 aliphatic rings. The molecule has 2 aliphatic heterocycles. The molecule has 0 aromatic heterocycles. The molecule has 0 radical (unpaired) electrons. The van der Waals surface area contributed by atoms with Gasteiger partial charge in [-0.25, -0.2) is 13.4 Å². The van der Waals surface area contributed by atoms with Crippen molar-refractivity contribution in [2.75, 3.05) is 22.4 Å². The van der Waals surface area contributed by atoms with Crippen LogP contribution in [0.1, 0.15) is 18.1 Å². The fourth-order valence-electron chi connectivity index (χ4n) is 3.15. The smallest absolute Gasteiger partial charge is 0.234 e. The number of hydrazone groups is 1. The number of thioether (sulfide) groups is 1. The number of nitrogens with one attached hydrogen (secondary N) is 1. The summed E-state index contributed by atoms with van der Waals surface area (Å²) in [5.41, 5.74) is 7.56. The standard InChI is InChI=1S/C19H19ClN4O2S2/c1-2-28(25,26)24-10-9-14-11-13(3-8-18(14)24)17-12-27-19(23-22-17)21-16-6-4-15(20)5-7-16/h3-8,11H,2,9-10,12H2,1H3,(H,21,23). The summed E-state index contributed by atoms with van der Waals surface area (Å²) in [4.78, 5) is 4.52.